The number of hydrogen-bond acceptors (Lipinski definition) is 5. The van der Waals surface area contributed by atoms with Crippen LogP contribution in [0.2, 0.25) is 0 Å². The summed E-state index contributed by atoms with van der Waals surface area (Å²) in [5.74, 6) is 0.115. The van der Waals surface area contributed by atoms with E-state index in [1.54, 1.807) is 11.6 Å². The molecule has 0 saturated heterocycles. The van der Waals surface area contributed by atoms with Gasteiger partial charge in [0.25, 0.3) is 0 Å². The molecule has 0 fully saturated rings. The van der Waals surface area contributed by atoms with E-state index in [9.17, 15) is 4.79 Å². The lowest BCUT2D eigenvalue weighted by Gasteiger charge is -2.08. The Bertz CT molecular complexity index is 594. The van der Waals surface area contributed by atoms with Crippen LogP contribution in [0.25, 0.3) is 5.69 Å². The molecule has 0 amide bonds. The van der Waals surface area contributed by atoms with Gasteiger partial charge in [0, 0.05) is 0 Å². The Hall–Kier alpha value is -1.69. The van der Waals surface area contributed by atoms with Crippen molar-refractivity contribution in [1.29, 1.82) is 0 Å². The van der Waals surface area contributed by atoms with Gasteiger partial charge >= 0.3 is 0 Å². The molecule has 0 aliphatic carbocycles. The Labute approximate surface area is 129 Å². The molecule has 1 aromatic carbocycles. The minimum Gasteiger partial charge on any atom is -0.299 e. The second kappa shape index (κ2) is 7.36. The Morgan fingerprint density at radius 3 is 2.67 bits per heavy atom. The van der Waals surface area contributed by atoms with E-state index >= 15 is 0 Å². The molecule has 2 rings (SSSR count). The summed E-state index contributed by atoms with van der Waals surface area (Å²) in [5, 5.41) is 12.2. The van der Waals surface area contributed by atoms with Crippen molar-refractivity contribution in [1.82, 2.24) is 20.2 Å². The molecule has 21 heavy (non-hydrogen) atoms. The van der Waals surface area contributed by atoms with E-state index in [0.29, 0.717) is 5.16 Å². The van der Waals surface area contributed by atoms with Crippen LogP contribution in [0.1, 0.15) is 39.2 Å². The van der Waals surface area contributed by atoms with Gasteiger partial charge in [0.05, 0.1) is 10.9 Å². The van der Waals surface area contributed by atoms with Gasteiger partial charge in [-0.3, -0.25) is 4.79 Å². The van der Waals surface area contributed by atoms with Crippen molar-refractivity contribution < 1.29 is 4.79 Å². The number of benzene rings is 1. The number of ketones is 1. The lowest BCUT2D eigenvalue weighted by Crippen LogP contribution is -2.10. The molecule has 112 valence electrons. The number of thioether (sulfide) groups is 1. The van der Waals surface area contributed by atoms with Crippen molar-refractivity contribution in [2.75, 3.05) is 0 Å². The number of carbonyl (C=O) groups excluding carboxylic acids is 1. The van der Waals surface area contributed by atoms with Crippen LogP contribution in [0, 0.1) is 0 Å². The molecule has 1 unspecified atom stereocenters. The highest BCUT2D eigenvalue weighted by atomic mass is 32.2. The molecule has 0 bridgehead atoms. The predicted molar refractivity (Wildman–Crippen MR) is 83.8 cm³/mol. The van der Waals surface area contributed by atoms with Gasteiger partial charge in [-0.15, -0.1) is 5.10 Å². The summed E-state index contributed by atoms with van der Waals surface area (Å²) in [6, 6.07) is 8.25. The maximum atomic E-state index is 11.4. The number of rotatable bonds is 7. The predicted octanol–water partition coefficient (Wildman–Crippen LogP) is 3.07. The summed E-state index contributed by atoms with van der Waals surface area (Å²) in [4.78, 5) is 11.4. The van der Waals surface area contributed by atoms with Crippen molar-refractivity contribution in [2.45, 2.75) is 50.4 Å². The van der Waals surface area contributed by atoms with Crippen LogP contribution in [-0.2, 0) is 11.2 Å². The van der Waals surface area contributed by atoms with Crippen LogP contribution in [0.3, 0.4) is 0 Å². The fraction of sp³-hybridized carbons (Fsp3) is 0.467. The Morgan fingerprint density at radius 2 is 2.05 bits per heavy atom. The third-order valence-electron chi connectivity index (χ3n) is 3.30. The lowest BCUT2D eigenvalue weighted by atomic mass is 10.1. The highest BCUT2D eigenvalue weighted by molar-refractivity contribution is 8.00. The third-order valence-corrected chi connectivity index (χ3v) is 4.45. The molecule has 0 saturated carbocycles. The van der Waals surface area contributed by atoms with Crippen molar-refractivity contribution >= 4 is 17.5 Å². The minimum absolute atomic E-state index is 0.115. The average Bonchev–Trinajstić information content (AvgIpc) is 2.93. The van der Waals surface area contributed by atoms with Gasteiger partial charge in [-0.05, 0) is 54.8 Å². The molecular weight excluding hydrogens is 284 g/mol. The van der Waals surface area contributed by atoms with E-state index in [0.717, 1.165) is 12.1 Å². The first-order chi connectivity index (χ1) is 10.1. The number of tetrazole rings is 1. The highest BCUT2D eigenvalue weighted by Gasteiger charge is 2.16. The second-order valence-corrected chi connectivity index (χ2v) is 6.32. The summed E-state index contributed by atoms with van der Waals surface area (Å²) < 4.78 is 1.67. The lowest BCUT2D eigenvalue weighted by molar-refractivity contribution is -0.116. The van der Waals surface area contributed by atoms with Gasteiger partial charge in [-0.25, -0.2) is 0 Å². The third kappa shape index (κ3) is 4.14. The molecule has 6 heteroatoms. The first kappa shape index (κ1) is 15.7. The number of Topliss-reactive ketones (excluding diaryl/α,β-unsaturated/α-hetero) is 1. The molecule has 0 N–H and O–H groups in total. The maximum absolute atomic E-state index is 11.4. The normalized spacial score (nSPS) is 12.3. The molecular formula is C15H20N4OS. The Kier molecular flexibility index (Phi) is 5.50. The Balaban J connectivity index is 2.15. The molecule has 0 aliphatic heterocycles. The molecule has 1 aromatic heterocycles. The van der Waals surface area contributed by atoms with Crippen molar-refractivity contribution in [3.63, 3.8) is 0 Å². The molecule has 0 spiro atoms. The van der Waals surface area contributed by atoms with E-state index in [1.165, 1.54) is 30.2 Å². The zero-order chi connectivity index (χ0) is 15.2. The van der Waals surface area contributed by atoms with E-state index in [2.05, 4.69) is 34.6 Å². The summed E-state index contributed by atoms with van der Waals surface area (Å²) in [6.45, 7) is 5.63. The fourth-order valence-electron chi connectivity index (χ4n) is 1.84. The molecule has 2 aromatic rings. The topological polar surface area (TPSA) is 60.7 Å². The van der Waals surface area contributed by atoms with E-state index in [1.807, 2.05) is 19.1 Å². The standard InChI is InChI=1S/C15H20N4OS/c1-4-5-6-13-7-9-14(10-8-13)19-15(16-17-18-19)21-12(3)11(2)20/h7-10,12H,4-6H2,1-3H3. The quantitative estimate of drug-likeness (QED) is 0.736. The van der Waals surface area contributed by atoms with Gasteiger partial charge in [0.1, 0.15) is 5.78 Å². The molecule has 1 heterocycles. The smallest absolute Gasteiger partial charge is 0.214 e. The van der Waals surface area contributed by atoms with Gasteiger partial charge in [0.2, 0.25) is 5.16 Å². The van der Waals surface area contributed by atoms with Gasteiger partial charge in [-0.2, -0.15) is 4.68 Å². The summed E-state index contributed by atoms with van der Waals surface area (Å²) in [5.41, 5.74) is 2.23. The van der Waals surface area contributed by atoms with E-state index in [-0.39, 0.29) is 11.0 Å². The van der Waals surface area contributed by atoms with Crippen LogP contribution in [0.15, 0.2) is 29.4 Å². The minimum atomic E-state index is -0.154. The van der Waals surface area contributed by atoms with Crippen molar-refractivity contribution in [2.24, 2.45) is 0 Å². The fourth-order valence-corrected chi connectivity index (χ4v) is 2.65. The molecule has 0 aliphatic rings. The number of nitrogens with zero attached hydrogens (tertiary/aromatic N) is 4. The first-order valence-corrected chi connectivity index (χ1v) is 8.04. The summed E-state index contributed by atoms with van der Waals surface area (Å²) in [7, 11) is 0. The number of aromatic nitrogens is 4. The molecule has 5 nitrogen and oxygen atoms in total. The number of hydrogen-bond donors (Lipinski definition) is 0. The van der Waals surface area contributed by atoms with Gasteiger partial charge in [-0.1, -0.05) is 37.2 Å². The highest BCUT2D eigenvalue weighted by Crippen LogP contribution is 2.23. The zero-order valence-electron chi connectivity index (χ0n) is 12.6. The number of carbonyl (C=O) groups is 1. The average molecular weight is 304 g/mol. The van der Waals surface area contributed by atoms with Crippen molar-refractivity contribution in [3.05, 3.63) is 29.8 Å². The van der Waals surface area contributed by atoms with Crippen LogP contribution in [-0.4, -0.2) is 31.2 Å². The van der Waals surface area contributed by atoms with Gasteiger partial charge in [0.15, 0.2) is 0 Å². The molecule has 1 atom stereocenters. The van der Waals surface area contributed by atoms with E-state index in [4.69, 9.17) is 0 Å². The van der Waals surface area contributed by atoms with Crippen LogP contribution in [0.5, 0.6) is 0 Å². The number of aryl methyl sites for hydroxylation is 1. The first-order valence-electron chi connectivity index (χ1n) is 7.16. The molecule has 0 radical (unpaired) electrons. The van der Waals surface area contributed by atoms with Crippen LogP contribution >= 0.6 is 11.8 Å². The SMILES string of the molecule is CCCCc1ccc(-n2nnnc2SC(C)C(C)=O)cc1. The maximum Gasteiger partial charge on any atom is 0.214 e. The van der Waals surface area contributed by atoms with Crippen molar-refractivity contribution in [3.8, 4) is 5.69 Å². The largest absolute Gasteiger partial charge is 0.299 e. The van der Waals surface area contributed by atoms with Crippen LogP contribution < -0.4 is 0 Å². The summed E-state index contributed by atoms with van der Waals surface area (Å²) in [6.07, 6.45) is 3.48. The Morgan fingerprint density at radius 1 is 1.33 bits per heavy atom. The second-order valence-electron chi connectivity index (χ2n) is 5.01. The zero-order valence-corrected chi connectivity index (χ0v) is 13.4. The monoisotopic (exact) mass is 304 g/mol. The van der Waals surface area contributed by atoms with E-state index < -0.39 is 0 Å². The van der Waals surface area contributed by atoms with Crippen LogP contribution in [0.4, 0.5) is 0 Å². The summed E-state index contributed by atoms with van der Waals surface area (Å²) >= 11 is 1.38. The number of unbranched alkanes of at least 4 members (excludes halogenated alkanes) is 1. The van der Waals surface area contributed by atoms with Gasteiger partial charge < -0.3 is 0 Å².